The Labute approximate surface area is 164 Å². The van der Waals surface area contributed by atoms with Gasteiger partial charge in [-0.1, -0.05) is 29.3 Å². The highest BCUT2D eigenvalue weighted by Gasteiger charge is 2.10. The maximum Gasteiger partial charge on any atom is 0.356 e. The molecular formula is C17H15Cl2N5O3. The van der Waals surface area contributed by atoms with E-state index in [-0.39, 0.29) is 24.6 Å². The van der Waals surface area contributed by atoms with Crippen LogP contribution in [0.25, 0.3) is 0 Å². The molecule has 0 atom stereocenters. The minimum absolute atomic E-state index is 0.0602. The third-order valence-corrected chi connectivity index (χ3v) is 4.27. The Morgan fingerprint density at radius 3 is 2.56 bits per heavy atom. The quantitative estimate of drug-likeness (QED) is 0.625. The zero-order chi connectivity index (χ0) is 19.4. The van der Waals surface area contributed by atoms with Crippen LogP contribution in [0, 0.1) is 0 Å². The maximum atomic E-state index is 12.0. The molecule has 0 saturated heterocycles. The molecule has 0 unspecified atom stereocenters. The molecule has 2 N–H and O–H groups in total. The molecule has 0 saturated carbocycles. The summed E-state index contributed by atoms with van der Waals surface area (Å²) in [5.74, 6) is -0.946. The molecule has 1 amide bonds. The number of aryl methyl sites for hydroxylation is 1. The molecule has 2 aromatic heterocycles. The van der Waals surface area contributed by atoms with Gasteiger partial charge in [0.05, 0.1) is 6.54 Å². The van der Waals surface area contributed by atoms with Gasteiger partial charge >= 0.3 is 5.97 Å². The van der Waals surface area contributed by atoms with Crippen molar-refractivity contribution in [3.63, 3.8) is 0 Å². The number of aromatic nitrogens is 4. The summed E-state index contributed by atoms with van der Waals surface area (Å²) in [6.45, 7) is 0.706. The summed E-state index contributed by atoms with van der Waals surface area (Å²) in [4.78, 5) is 22.8. The van der Waals surface area contributed by atoms with Gasteiger partial charge in [0.2, 0.25) is 5.91 Å². The molecule has 0 bridgehead atoms. The number of aromatic carboxylic acids is 1. The Morgan fingerprint density at radius 2 is 1.85 bits per heavy atom. The molecule has 10 heteroatoms. The van der Waals surface area contributed by atoms with E-state index in [1.54, 1.807) is 29.1 Å². The molecule has 0 aliphatic rings. The molecule has 27 heavy (non-hydrogen) atoms. The minimum Gasteiger partial charge on any atom is -0.476 e. The normalized spacial score (nSPS) is 10.7. The minimum atomic E-state index is -1.11. The van der Waals surface area contributed by atoms with Gasteiger partial charge in [0.25, 0.3) is 0 Å². The molecule has 3 rings (SSSR count). The van der Waals surface area contributed by atoms with Crippen molar-refractivity contribution in [1.82, 2.24) is 19.6 Å². The molecule has 0 aliphatic carbocycles. The van der Waals surface area contributed by atoms with Crippen LogP contribution in [-0.4, -0.2) is 36.5 Å². The second-order valence-corrected chi connectivity index (χ2v) is 6.55. The largest absolute Gasteiger partial charge is 0.476 e. The van der Waals surface area contributed by atoms with Gasteiger partial charge in [0.1, 0.15) is 0 Å². The van der Waals surface area contributed by atoms with Crippen LogP contribution in [0.3, 0.4) is 0 Å². The second kappa shape index (κ2) is 8.24. The number of carbonyl (C=O) groups is 2. The molecule has 0 radical (unpaired) electrons. The molecular weight excluding hydrogens is 393 g/mol. The number of carboxylic acid groups (broad SMARTS) is 1. The Hall–Kier alpha value is -2.84. The van der Waals surface area contributed by atoms with Gasteiger partial charge in [0, 0.05) is 41.5 Å². The van der Waals surface area contributed by atoms with E-state index in [4.69, 9.17) is 28.3 Å². The van der Waals surface area contributed by atoms with Crippen LogP contribution in [0.2, 0.25) is 10.0 Å². The van der Waals surface area contributed by atoms with Crippen molar-refractivity contribution in [2.75, 3.05) is 5.32 Å². The van der Waals surface area contributed by atoms with Crippen molar-refractivity contribution in [1.29, 1.82) is 0 Å². The predicted molar refractivity (Wildman–Crippen MR) is 100 cm³/mol. The average Bonchev–Trinajstić information content (AvgIpc) is 3.25. The van der Waals surface area contributed by atoms with Gasteiger partial charge in [0.15, 0.2) is 11.5 Å². The smallest absolute Gasteiger partial charge is 0.356 e. The van der Waals surface area contributed by atoms with Crippen LogP contribution < -0.4 is 5.32 Å². The first kappa shape index (κ1) is 18.9. The highest BCUT2D eigenvalue weighted by molar-refractivity contribution is 6.35. The first-order valence-corrected chi connectivity index (χ1v) is 8.70. The number of nitrogens with one attached hydrogen (secondary N) is 1. The fourth-order valence-corrected chi connectivity index (χ4v) is 2.83. The summed E-state index contributed by atoms with van der Waals surface area (Å²) >= 11 is 12.0. The molecule has 2 heterocycles. The Kier molecular flexibility index (Phi) is 5.78. The number of anilines is 1. The lowest BCUT2D eigenvalue weighted by Crippen LogP contribution is -2.15. The molecule has 1 aromatic carbocycles. The standard InChI is InChI=1S/C17H15Cl2N5O3/c18-12-2-1-11(13(19)9-12)10-24-7-4-15(22-24)20-16(25)5-8-23-6-3-14(21-23)17(26)27/h1-4,6-7,9H,5,8,10H2,(H,26,27)(H,20,22,25). The third kappa shape index (κ3) is 5.08. The van der Waals surface area contributed by atoms with Crippen LogP contribution in [0.1, 0.15) is 22.5 Å². The average molecular weight is 408 g/mol. The molecule has 8 nitrogen and oxygen atoms in total. The molecule has 0 spiro atoms. The topological polar surface area (TPSA) is 102 Å². The van der Waals surface area contributed by atoms with E-state index in [0.717, 1.165) is 5.56 Å². The van der Waals surface area contributed by atoms with Crippen molar-refractivity contribution in [2.24, 2.45) is 0 Å². The van der Waals surface area contributed by atoms with Crippen LogP contribution in [-0.2, 0) is 17.9 Å². The summed E-state index contributed by atoms with van der Waals surface area (Å²) in [5, 5.41) is 20.8. The first-order chi connectivity index (χ1) is 12.9. The number of hydrogen-bond acceptors (Lipinski definition) is 4. The number of benzene rings is 1. The van der Waals surface area contributed by atoms with Gasteiger partial charge in [-0.05, 0) is 23.8 Å². The van der Waals surface area contributed by atoms with Crippen LogP contribution in [0.5, 0.6) is 0 Å². The lowest BCUT2D eigenvalue weighted by atomic mass is 10.2. The number of hydrogen-bond donors (Lipinski definition) is 2. The number of amides is 1. The summed E-state index contributed by atoms with van der Waals surface area (Å²) in [5.41, 5.74) is 0.796. The van der Waals surface area contributed by atoms with Gasteiger partial charge in [-0.3, -0.25) is 14.2 Å². The molecule has 140 valence electrons. The van der Waals surface area contributed by atoms with E-state index >= 15 is 0 Å². The van der Waals surface area contributed by atoms with E-state index < -0.39 is 5.97 Å². The Balaban J connectivity index is 1.53. The van der Waals surface area contributed by atoms with E-state index in [1.807, 2.05) is 6.07 Å². The molecule has 0 fully saturated rings. The molecule has 3 aromatic rings. The molecule has 0 aliphatic heterocycles. The number of carboxylic acids is 1. The summed E-state index contributed by atoms with van der Waals surface area (Å²) in [7, 11) is 0. The number of halogens is 2. The third-order valence-electron chi connectivity index (χ3n) is 3.68. The fourth-order valence-electron chi connectivity index (χ4n) is 2.36. The second-order valence-electron chi connectivity index (χ2n) is 5.70. The van der Waals surface area contributed by atoms with Gasteiger partial charge < -0.3 is 10.4 Å². The van der Waals surface area contributed by atoms with E-state index in [9.17, 15) is 9.59 Å². The van der Waals surface area contributed by atoms with E-state index in [0.29, 0.717) is 22.4 Å². The van der Waals surface area contributed by atoms with Gasteiger partial charge in [-0.25, -0.2) is 4.79 Å². The number of nitrogens with zero attached hydrogens (tertiary/aromatic N) is 4. The maximum absolute atomic E-state index is 12.0. The lowest BCUT2D eigenvalue weighted by Gasteiger charge is -2.05. The van der Waals surface area contributed by atoms with Crippen molar-refractivity contribution in [2.45, 2.75) is 19.5 Å². The van der Waals surface area contributed by atoms with Crippen molar-refractivity contribution >= 4 is 40.9 Å². The summed E-state index contributed by atoms with van der Waals surface area (Å²) in [6, 6.07) is 8.29. The van der Waals surface area contributed by atoms with Crippen LogP contribution in [0.4, 0.5) is 5.82 Å². The highest BCUT2D eigenvalue weighted by Crippen LogP contribution is 2.21. The highest BCUT2D eigenvalue weighted by atomic mass is 35.5. The monoisotopic (exact) mass is 407 g/mol. The van der Waals surface area contributed by atoms with E-state index in [1.165, 1.54) is 16.9 Å². The zero-order valence-electron chi connectivity index (χ0n) is 14.0. The number of carbonyl (C=O) groups excluding carboxylic acids is 1. The van der Waals surface area contributed by atoms with Crippen molar-refractivity contribution < 1.29 is 14.7 Å². The van der Waals surface area contributed by atoms with Crippen LogP contribution >= 0.6 is 23.2 Å². The summed E-state index contributed by atoms with van der Waals surface area (Å²) in [6.07, 6.45) is 3.38. The van der Waals surface area contributed by atoms with Crippen LogP contribution in [0.15, 0.2) is 42.7 Å². The zero-order valence-corrected chi connectivity index (χ0v) is 15.5. The Bertz CT molecular complexity index is 983. The SMILES string of the molecule is O=C(CCn1ccc(C(=O)O)n1)Nc1ccn(Cc2ccc(Cl)cc2Cl)n1. The summed E-state index contributed by atoms with van der Waals surface area (Å²) < 4.78 is 3.06. The first-order valence-electron chi connectivity index (χ1n) is 7.95. The van der Waals surface area contributed by atoms with Crippen molar-refractivity contribution in [3.8, 4) is 0 Å². The van der Waals surface area contributed by atoms with Gasteiger partial charge in [-0.15, -0.1) is 0 Å². The lowest BCUT2D eigenvalue weighted by molar-refractivity contribution is -0.116. The predicted octanol–water partition coefficient (Wildman–Crippen LogP) is 3.16. The van der Waals surface area contributed by atoms with Crippen molar-refractivity contribution in [3.05, 3.63) is 64.0 Å². The van der Waals surface area contributed by atoms with Gasteiger partial charge in [-0.2, -0.15) is 10.2 Å². The fraction of sp³-hybridized carbons (Fsp3) is 0.176. The Morgan fingerprint density at radius 1 is 1.07 bits per heavy atom. The van der Waals surface area contributed by atoms with E-state index in [2.05, 4.69) is 15.5 Å². The number of rotatable bonds is 7.